The van der Waals surface area contributed by atoms with Crippen molar-refractivity contribution in [2.75, 3.05) is 13.2 Å². The smallest absolute Gasteiger partial charge is 0.377 e. The maximum atomic E-state index is 11.7. The Hall–Kier alpha value is -0.293. The van der Waals surface area contributed by atoms with E-state index in [1.165, 1.54) is 0 Å². The van der Waals surface area contributed by atoms with E-state index in [0.29, 0.717) is 6.61 Å². The van der Waals surface area contributed by atoms with Crippen LogP contribution in [0.3, 0.4) is 0 Å². The summed E-state index contributed by atoms with van der Waals surface area (Å²) in [5.41, 5.74) is 0.833. The summed E-state index contributed by atoms with van der Waals surface area (Å²) in [6.45, 7) is 5.88. The first kappa shape index (κ1) is 11.7. The topological polar surface area (TPSA) is 9.23 Å². The van der Waals surface area contributed by atoms with Gasteiger partial charge in [-0.2, -0.15) is 0 Å². The molecule has 0 saturated carbocycles. The van der Waals surface area contributed by atoms with Gasteiger partial charge in [-0.3, -0.25) is 0 Å². The Bertz CT molecular complexity index is 144. The third-order valence-corrected chi connectivity index (χ3v) is 2.02. The van der Waals surface area contributed by atoms with Crippen molar-refractivity contribution >= 4 is 9.08 Å². The minimum Gasteiger partial charge on any atom is -0.377 e. The molecule has 0 amide bonds. The largest absolute Gasteiger partial charge is 0.616 e. The van der Waals surface area contributed by atoms with E-state index in [2.05, 4.69) is 6.58 Å². The van der Waals surface area contributed by atoms with Crippen LogP contribution in [0.15, 0.2) is 12.2 Å². The lowest BCUT2D eigenvalue weighted by Gasteiger charge is -2.03. The minimum atomic E-state index is -5.34. The summed E-state index contributed by atoms with van der Waals surface area (Å²) < 4.78 is 40.0. The maximum absolute atomic E-state index is 11.7. The van der Waals surface area contributed by atoms with Crippen LogP contribution in [-0.2, 0) is 4.74 Å². The Balaban J connectivity index is 3.17. The monoisotopic (exact) mass is 198 g/mol. The number of hydrogen-bond donors (Lipinski definition) is 0. The second kappa shape index (κ2) is 5.37. The number of hydrogen-bond acceptors (Lipinski definition) is 1. The molecular weight excluding hydrogens is 185 g/mol. The van der Waals surface area contributed by atoms with Gasteiger partial charge in [0.15, 0.2) is 0 Å². The van der Waals surface area contributed by atoms with Crippen molar-refractivity contribution < 1.29 is 17.1 Å². The predicted molar refractivity (Wildman–Crippen MR) is 44.1 cm³/mol. The Morgan fingerprint density at radius 1 is 1.42 bits per heavy atom. The van der Waals surface area contributed by atoms with Crippen LogP contribution in [0.25, 0.3) is 0 Å². The van der Waals surface area contributed by atoms with Gasteiger partial charge in [-0.1, -0.05) is 12.2 Å². The Kier molecular flexibility index (Phi) is 5.24. The molecule has 0 aliphatic heterocycles. The highest BCUT2D eigenvalue weighted by Gasteiger charge is 2.35. The third kappa shape index (κ3) is 9.71. The van der Waals surface area contributed by atoms with Crippen molar-refractivity contribution in [1.82, 2.24) is 0 Å². The molecular formula is C7H13F3OSi. The molecule has 1 nitrogen and oxygen atoms in total. The lowest BCUT2D eigenvalue weighted by atomic mass is 10.4. The zero-order valence-electron chi connectivity index (χ0n) is 7.08. The van der Waals surface area contributed by atoms with E-state index in [9.17, 15) is 12.3 Å². The maximum Gasteiger partial charge on any atom is 0.616 e. The van der Waals surface area contributed by atoms with Gasteiger partial charge in [0, 0.05) is 12.7 Å². The van der Waals surface area contributed by atoms with E-state index in [1.54, 1.807) is 6.92 Å². The highest BCUT2D eigenvalue weighted by molar-refractivity contribution is 6.58. The molecule has 0 heterocycles. The van der Waals surface area contributed by atoms with Gasteiger partial charge in [0.1, 0.15) is 0 Å². The van der Waals surface area contributed by atoms with Crippen LogP contribution < -0.4 is 0 Å². The second-order valence-electron chi connectivity index (χ2n) is 2.73. The number of rotatable bonds is 6. The Morgan fingerprint density at radius 3 is 2.42 bits per heavy atom. The average Bonchev–Trinajstić information content (AvgIpc) is 1.83. The van der Waals surface area contributed by atoms with Crippen LogP contribution in [0.1, 0.15) is 13.3 Å². The molecule has 0 aromatic carbocycles. The SMILES string of the molecule is C=C(C)COCCC[Si](F)(F)F. The molecule has 0 bridgehead atoms. The molecule has 0 fully saturated rings. The highest BCUT2D eigenvalue weighted by Crippen LogP contribution is 2.16. The van der Waals surface area contributed by atoms with Crippen molar-refractivity contribution in [2.24, 2.45) is 0 Å². The quantitative estimate of drug-likeness (QED) is 0.276. The molecule has 0 aliphatic carbocycles. The molecule has 0 aromatic rings. The van der Waals surface area contributed by atoms with Crippen LogP contribution in [0.4, 0.5) is 12.3 Å². The molecule has 0 aromatic heterocycles. The zero-order chi connectivity index (χ0) is 9.61. The number of halogens is 3. The lowest BCUT2D eigenvalue weighted by Crippen LogP contribution is -2.15. The molecule has 0 spiro atoms. The van der Waals surface area contributed by atoms with E-state index < -0.39 is 15.1 Å². The third-order valence-electron chi connectivity index (χ3n) is 1.10. The first-order chi connectivity index (χ1) is 5.42. The van der Waals surface area contributed by atoms with Crippen molar-refractivity contribution in [3.8, 4) is 0 Å². The van der Waals surface area contributed by atoms with Gasteiger partial charge < -0.3 is 4.74 Å². The van der Waals surface area contributed by atoms with Gasteiger partial charge in [-0.05, 0) is 13.3 Å². The summed E-state index contributed by atoms with van der Waals surface area (Å²) in [7, 11) is -5.34. The van der Waals surface area contributed by atoms with Crippen LogP contribution in [0, 0.1) is 0 Å². The Labute approximate surface area is 71.8 Å². The molecule has 72 valence electrons. The van der Waals surface area contributed by atoms with Crippen LogP contribution in [-0.4, -0.2) is 22.3 Å². The van der Waals surface area contributed by atoms with Gasteiger partial charge in [0.05, 0.1) is 6.61 Å². The van der Waals surface area contributed by atoms with E-state index >= 15 is 0 Å². The average molecular weight is 198 g/mol. The minimum absolute atomic E-state index is 0.0863. The van der Waals surface area contributed by atoms with Crippen LogP contribution >= 0.6 is 0 Å². The summed E-state index contributed by atoms with van der Waals surface area (Å²) in [5.74, 6) is 0. The molecule has 0 saturated heterocycles. The molecule has 12 heavy (non-hydrogen) atoms. The molecule has 0 atom stereocenters. The predicted octanol–water partition coefficient (Wildman–Crippen LogP) is 2.82. The second-order valence-corrected chi connectivity index (χ2v) is 4.46. The molecule has 5 heteroatoms. The fourth-order valence-electron chi connectivity index (χ4n) is 0.621. The fourth-order valence-corrected chi connectivity index (χ4v) is 1.17. The first-order valence-electron chi connectivity index (χ1n) is 3.70. The molecule has 0 rings (SSSR count). The van der Waals surface area contributed by atoms with Crippen LogP contribution in [0.2, 0.25) is 6.04 Å². The summed E-state index contributed by atoms with van der Waals surface area (Å²) in [4.78, 5) is 0. The first-order valence-corrected chi connectivity index (χ1v) is 5.55. The van der Waals surface area contributed by atoms with Crippen molar-refractivity contribution in [3.63, 3.8) is 0 Å². The Morgan fingerprint density at radius 2 is 2.00 bits per heavy atom. The molecule has 0 unspecified atom stereocenters. The van der Waals surface area contributed by atoms with Gasteiger partial charge in [0.25, 0.3) is 0 Å². The van der Waals surface area contributed by atoms with E-state index in [4.69, 9.17) is 4.74 Å². The summed E-state index contributed by atoms with van der Waals surface area (Å²) in [6.07, 6.45) is 0.0863. The van der Waals surface area contributed by atoms with Crippen molar-refractivity contribution in [3.05, 3.63) is 12.2 Å². The normalized spacial score (nSPS) is 11.7. The van der Waals surface area contributed by atoms with Gasteiger partial charge >= 0.3 is 9.08 Å². The standard InChI is InChI=1S/C7H13F3OSi/c1-7(2)6-11-4-3-5-12(8,9)10/h1,3-6H2,2H3. The highest BCUT2D eigenvalue weighted by atomic mass is 28.5. The van der Waals surface area contributed by atoms with Gasteiger partial charge in [-0.15, -0.1) is 0 Å². The van der Waals surface area contributed by atoms with Gasteiger partial charge in [-0.25, -0.2) is 12.3 Å². The molecule has 0 N–H and O–H groups in total. The summed E-state index contributed by atoms with van der Waals surface area (Å²) >= 11 is 0. The van der Waals surface area contributed by atoms with Crippen LogP contribution in [0.5, 0.6) is 0 Å². The van der Waals surface area contributed by atoms with E-state index in [0.717, 1.165) is 5.57 Å². The molecule has 0 radical (unpaired) electrons. The van der Waals surface area contributed by atoms with Crippen molar-refractivity contribution in [2.45, 2.75) is 19.4 Å². The zero-order valence-corrected chi connectivity index (χ0v) is 8.08. The molecule has 0 aliphatic rings. The van der Waals surface area contributed by atoms with E-state index in [-0.39, 0.29) is 13.0 Å². The van der Waals surface area contributed by atoms with E-state index in [1.807, 2.05) is 0 Å². The van der Waals surface area contributed by atoms with Crippen molar-refractivity contribution in [1.29, 1.82) is 0 Å². The summed E-state index contributed by atoms with van der Waals surface area (Å²) in [6, 6.07) is -0.636. The van der Waals surface area contributed by atoms with Gasteiger partial charge in [0.2, 0.25) is 0 Å². The summed E-state index contributed by atoms with van der Waals surface area (Å²) in [5, 5.41) is 0. The number of ether oxygens (including phenoxy) is 1. The lowest BCUT2D eigenvalue weighted by molar-refractivity contribution is 0.155. The fraction of sp³-hybridized carbons (Fsp3) is 0.714.